The molecule has 1 heterocycles. The molecular weight excluding hydrogens is 218 g/mol. The topological polar surface area (TPSA) is 41.6 Å². The first-order valence-corrected chi connectivity index (χ1v) is 5.31. The molecule has 1 amide bonds. The van der Waals surface area contributed by atoms with Crippen LogP contribution < -0.4 is 5.32 Å². The van der Waals surface area contributed by atoms with Crippen molar-refractivity contribution in [2.45, 2.75) is 38.8 Å². The first kappa shape index (κ1) is 13.2. The maximum absolute atomic E-state index is 13.5. The summed E-state index contributed by atoms with van der Waals surface area (Å²) < 4.78 is 32.0. The third-order valence-corrected chi connectivity index (χ3v) is 2.08. The number of hydrogen-bond acceptors (Lipinski definition) is 3. The molecule has 6 heteroatoms. The summed E-state index contributed by atoms with van der Waals surface area (Å²) in [6.45, 7) is 4.92. The van der Waals surface area contributed by atoms with Crippen LogP contribution in [0.2, 0.25) is 0 Å². The van der Waals surface area contributed by atoms with Gasteiger partial charge in [0.2, 0.25) is 0 Å². The average Bonchev–Trinajstić information content (AvgIpc) is 2.22. The summed E-state index contributed by atoms with van der Waals surface area (Å²) in [7, 11) is 0. The van der Waals surface area contributed by atoms with Crippen molar-refractivity contribution in [2.24, 2.45) is 0 Å². The number of rotatable bonds is 0. The first-order chi connectivity index (χ1) is 7.22. The van der Waals surface area contributed by atoms with Gasteiger partial charge >= 0.3 is 12.1 Å². The number of nitrogens with zero attached hydrogens (tertiary/aromatic N) is 1. The smallest absolute Gasteiger partial charge is 0.414 e. The summed E-state index contributed by atoms with van der Waals surface area (Å²) >= 11 is 0. The highest BCUT2D eigenvalue weighted by Crippen LogP contribution is 2.23. The molecule has 1 fully saturated rings. The van der Waals surface area contributed by atoms with Gasteiger partial charge in [0.1, 0.15) is 5.60 Å². The zero-order valence-electron chi connectivity index (χ0n) is 9.85. The average molecular weight is 236 g/mol. The highest BCUT2D eigenvalue weighted by Gasteiger charge is 2.43. The Bertz CT molecular complexity index is 264. The van der Waals surface area contributed by atoms with Crippen molar-refractivity contribution < 1.29 is 18.3 Å². The number of alkyl halides is 2. The molecule has 1 rings (SSSR count). The molecule has 0 spiro atoms. The summed E-state index contributed by atoms with van der Waals surface area (Å²) in [5.41, 5.74) is -0.757. The van der Waals surface area contributed by atoms with Gasteiger partial charge in [-0.25, -0.2) is 9.69 Å². The number of amides is 1. The Morgan fingerprint density at radius 3 is 2.62 bits per heavy atom. The Kier molecular flexibility index (Phi) is 3.72. The monoisotopic (exact) mass is 236 g/mol. The van der Waals surface area contributed by atoms with Crippen molar-refractivity contribution in [3.63, 3.8) is 0 Å². The van der Waals surface area contributed by atoms with E-state index in [-0.39, 0.29) is 6.54 Å². The van der Waals surface area contributed by atoms with Gasteiger partial charge in [0.25, 0.3) is 0 Å². The van der Waals surface area contributed by atoms with E-state index in [0.29, 0.717) is 17.9 Å². The zero-order valence-corrected chi connectivity index (χ0v) is 9.85. The second-order valence-corrected chi connectivity index (χ2v) is 4.83. The van der Waals surface area contributed by atoms with Crippen LogP contribution in [0.4, 0.5) is 13.6 Å². The van der Waals surface area contributed by atoms with Crippen molar-refractivity contribution in [2.75, 3.05) is 19.6 Å². The van der Waals surface area contributed by atoms with Crippen LogP contribution in [-0.4, -0.2) is 42.3 Å². The second-order valence-electron chi connectivity index (χ2n) is 4.83. The van der Waals surface area contributed by atoms with Gasteiger partial charge in [0.15, 0.2) is 0 Å². The summed E-state index contributed by atoms with van der Waals surface area (Å²) in [5, 5.41) is 2.59. The lowest BCUT2D eigenvalue weighted by Crippen LogP contribution is -2.50. The number of carbonyl (C=O) groups is 1. The first-order valence-electron chi connectivity index (χ1n) is 5.31. The molecule has 16 heavy (non-hydrogen) atoms. The van der Waals surface area contributed by atoms with Gasteiger partial charge < -0.3 is 10.1 Å². The maximum Gasteiger partial charge on any atom is 0.414 e. The van der Waals surface area contributed by atoms with E-state index in [9.17, 15) is 13.6 Å². The molecule has 0 radical (unpaired) electrons. The number of carbonyl (C=O) groups excluding carboxylic acids is 1. The fourth-order valence-electron chi connectivity index (χ4n) is 1.40. The predicted molar refractivity (Wildman–Crippen MR) is 55.4 cm³/mol. The third-order valence-electron chi connectivity index (χ3n) is 2.08. The van der Waals surface area contributed by atoms with E-state index in [1.54, 1.807) is 20.8 Å². The number of ether oxygens (including phenoxy) is 1. The molecule has 0 saturated carbocycles. The van der Waals surface area contributed by atoms with Gasteiger partial charge in [-0.1, -0.05) is 0 Å². The Balaban J connectivity index is 2.71. The maximum atomic E-state index is 13.5. The molecule has 0 unspecified atom stereocenters. The van der Waals surface area contributed by atoms with Gasteiger partial charge in [-0.3, -0.25) is 0 Å². The van der Waals surface area contributed by atoms with E-state index in [2.05, 4.69) is 5.32 Å². The van der Waals surface area contributed by atoms with Crippen molar-refractivity contribution in [3.05, 3.63) is 0 Å². The Hall–Kier alpha value is -0.910. The molecular formula is C10H18F2N2O2. The largest absolute Gasteiger partial charge is 0.444 e. The van der Waals surface area contributed by atoms with Crippen LogP contribution in [0.1, 0.15) is 27.2 Å². The van der Waals surface area contributed by atoms with Crippen LogP contribution in [0.25, 0.3) is 0 Å². The van der Waals surface area contributed by atoms with Gasteiger partial charge in [-0.15, -0.1) is 0 Å². The van der Waals surface area contributed by atoms with E-state index in [4.69, 9.17) is 4.74 Å². The standard InChI is InChI=1S/C10H18F2N2O2/c1-9(2,3)16-8(15)14-6-4-5-13-7-10(14,11)12/h13H,4-7H2,1-3H3. The summed E-state index contributed by atoms with van der Waals surface area (Å²) in [6, 6.07) is -3.18. The van der Waals surface area contributed by atoms with Gasteiger partial charge in [-0.2, -0.15) is 8.78 Å². The molecule has 1 aliphatic rings. The molecule has 0 bridgehead atoms. The fraction of sp³-hybridized carbons (Fsp3) is 0.900. The molecule has 1 N–H and O–H groups in total. The highest BCUT2D eigenvalue weighted by atomic mass is 19.3. The fourth-order valence-corrected chi connectivity index (χ4v) is 1.40. The molecule has 0 aromatic rings. The van der Waals surface area contributed by atoms with E-state index in [1.165, 1.54) is 0 Å². The van der Waals surface area contributed by atoms with Crippen LogP contribution in [0.15, 0.2) is 0 Å². The second kappa shape index (κ2) is 4.53. The molecule has 0 atom stereocenters. The van der Waals surface area contributed by atoms with E-state index >= 15 is 0 Å². The Labute approximate surface area is 93.9 Å². The summed E-state index contributed by atoms with van der Waals surface area (Å²) in [6.07, 6.45) is -0.462. The van der Waals surface area contributed by atoms with Crippen molar-refractivity contribution >= 4 is 6.09 Å². The minimum atomic E-state index is -3.18. The molecule has 1 aliphatic heterocycles. The van der Waals surface area contributed by atoms with Gasteiger partial charge in [-0.05, 0) is 33.7 Å². The lowest BCUT2D eigenvalue weighted by atomic mass is 10.2. The van der Waals surface area contributed by atoms with Crippen LogP contribution in [-0.2, 0) is 4.74 Å². The van der Waals surface area contributed by atoms with Gasteiger partial charge in [0, 0.05) is 6.54 Å². The molecule has 0 aromatic heterocycles. The number of nitrogens with one attached hydrogen (secondary N) is 1. The van der Waals surface area contributed by atoms with Crippen LogP contribution in [0.5, 0.6) is 0 Å². The molecule has 0 aromatic carbocycles. The Morgan fingerprint density at radius 2 is 2.06 bits per heavy atom. The molecule has 1 saturated heterocycles. The molecule has 94 valence electrons. The van der Waals surface area contributed by atoms with Crippen molar-refractivity contribution in [3.8, 4) is 0 Å². The Morgan fingerprint density at radius 1 is 1.44 bits per heavy atom. The highest BCUT2D eigenvalue weighted by molar-refractivity contribution is 5.68. The molecule has 4 nitrogen and oxygen atoms in total. The minimum absolute atomic E-state index is 0.00884. The molecule has 0 aliphatic carbocycles. The van der Waals surface area contributed by atoms with Crippen molar-refractivity contribution in [1.29, 1.82) is 0 Å². The van der Waals surface area contributed by atoms with Crippen LogP contribution >= 0.6 is 0 Å². The summed E-state index contributed by atoms with van der Waals surface area (Å²) in [5.74, 6) is 0. The van der Waals surface area contributed by atoms with Gasteiger partial charge in [0.05, 0.1) is 6.54 Å². The van der Waals surface area contributed by atoms with Crippen LogP contribution in [0, 0.1) is 0 Å². The lowest BCUT2D eigenvalue weighted by molar-refractivity contribution is -0.130. The third kappa shape index (κ3) is 3.59. The van der Waals surface area contributed by atoms with Crippen molar-refractivity contribution in [1.82, 2.24) is 10.2 Å². The van der Waals surface area contributed by atoms with Crippen LogP contribution in [0.3, 0.4) is 0 Å². The van der Waals surface area contributed by atoms with E-state index in [1.807, 2.05) is 0 Å². The van der Waals surface area contributed by atoms with E-state index in [0.717, 1.165) is 0 Å². The lowest BCUT2D eigenvalue weighted by Gasteiger charge is -2.31. The minimum Gasteiger partial charge on any atom is -0.444 e. The quantitative estimate of drug-likeness (QED) is 0.652. The summed E-state index contributed by atoms with van der Waals surface area (Å²) in [4.78, 5) is 12.1. The van der Waals surface area contributed by atoms with E-state index < -0.39 is 24.3 Å². The number of halogens is 2. The zero-order chi connectivity index (χ0) is 12.4. The normalized spacial score (nSPS) is 21.4. The predicted octanol–water partition coefficient (Wildman–Crippen LogP) is 1.81. The SMILES string of the molecule is CC(C)(C)OC(=O)N1CCCNCC1(F)F. The number of hydrogen-bond donors (Lipinski definition) is 1.